The number of benzene rings is 3. The van der Waals surface area contributed by atoms with Crippen LogP contribution in [0.15, 0.2) is 59.5 Å². The minimum atomic E-state index is -4.50. The molecule has 0 bridgehead atoms. The quantitative estimate of drug-likeness (QED) is 0.273. The molecule has 212 valence electrons. The number of hydrogen-bond acceptors (Lipinski definition) is 7. The summed E-state index contributed by atoms with van der Waals surface area (Å²) in [5, 5.41) is 14.7. The Morgan fingerprint density at radius 2 is 1.90 bits per heavy atom. The lowest BCUT2D eigenvalue weighted by molar-refractivity contribution is -0.385. The van der Waals surface area contributed by atoms with E-state index in [0.717, 1.165) is 21.5 Å². The maximum Gasteiger partial charge on any atom is 0.273 e. The molecule has 4 rings (SSSR count). The number of carbonyl (C=O) groups is 1. The summed E-state index contributed by atoms with van der Waals surface area (Å²) >= 11 is 6.21. The summed E-state index contributed by atoms with van der Waals surface area (Å²) in [6.45, 7) is 6.63. The van der Waals surface area contributed by atoms with Crippen molar-refractivity contribution in [3.05, 3.63) is 86.4 Å². The van der Waals surface area contributed by atoms with Gasteiger partial charge in [0.15, 0.2) is 0 Å². The Kier molecular flexibility index (Phi) is 8.00. The van der Waals surface area contributed by atoms with Gasteiger partial charge in [0.25, 0.3) is 15.7 Å². The second-order valence-electron chi connectivity index (χ2n) is 10.3. The summed E-state index contributed by atoms with van der Waals surface area (Å²) in [6.07, 6.45) is 0.451. The Bertz CT molecular complexity index is 1590. The van der Waals surface area contributed by atoms with Gasteiger partial charge >= 0.3 is 0 Å². The lowest BCUT2D eigenvalue weighted by Gasteiger charge is -2.38. The van der Waals surface area contributed by atoms with Crippen LogP contribution in [0.25, 0.3) is 0 Å². The van der Waals surface area contributed by atoms with Gasteiger partial charge in [-0.1, -0.05) is 29.8 Å². The summed E-state index contributed by atoms with van der Waals surface area (Å²) < 4.78 is 40.3. The zero-order chi connectivity index (χ0) is 29.4. The summed E-state index contributed by atoms with van der Waals surface area (Å²) in [5.41, 5.74) is 1.14. The van der Waals surface area contributed by atoms with Crippen LogP contribution in [0.1, 0.15) is 43.0 Å². The molecule has 0 saturated heterocycles. The monoisotopic (exact) mass is 587 g/mol. The molecule has 0 aliphatic carbocycles. The van der Waals surface area contributed by atoms with E-state index in [-0.39, 0.29) is 27.0 Å². The Balaban J connectivity index is 1.75. The molecule has 12 heteroatoms. The van der Waals surface area contributed by atoms with E-state index in [1.807, 2.05) is 39.0 Å². The Morgan fingerprint density at radius 1 is 1.18 bits per heavy atom. The van der Waals surface area contributed by atoms with Crippen molar-refractivity contribution in [3.8, 4) is 11.5 Å². The van der Waals surface area contributed by atoms with Crippen molar-refractivity contribution < 1.29 is 27.6 Å². The number of hydrogen-bond donors (Lipinski definition) is 1. The van der Waals surface area contributed by atoms with Crippen molar-refractivity contribution >= 4 is 38.9 Å². The van der Waals surface area contributed by atoms with E-state index in [2.05, 4.69) is 5.32 Å². The van der Waals surface area contributed by atoms with E-state index in [1.165, 1.54) is 44.4 Å². The number of halogens is 1. The first-order valence-corrected chi connectivity index (χ1v) is 14.2. The number of anilines is 1. The van der Waals surface area contributed by atoms with Crippen molar-refractivity contribution in [2.75, 3.05) is 18.0 Å². The van der Waals surface area contributed by atoms with Gasteiger partial charge in [0, 0.05) is 28.6 Å². The molecule has 1 unspecified atom stereocenters. The molecular weight excluding hydrogens is 558 g/mol. The molecule has 1 aliphatic heterocycles. The minimum Gasteiger partial charge on any atom is -0.495 e. The molecule has 0 saturated carbocycles. The number of nitrogens with one attached hydrogen (secondary N) is 1. The number of fused-ring (bicyclic) bond motifs is 1. The van der Waals surface area contributed by atoms with E-state index in [9.17, 15) is 23.3 Å². The second-order valence-corrected chi connectivity index (χ2v) is 12.6. The third-order valence-corrected chi connectivity index (χ3v) is 8.61. The van der Waals surface area contributed by atoms with Gasteiger partial charge in [0.1, 0.15) is 23.6 Å². The van der Waals surface area contributed by atoms with Gasteiger partial charge < -0.3 is 14.8 Å². The number of amides is 1. The summed E-state index contributed by atoms with van der Waals surface area (Å²) in [6, 6.07) is 13.2. The van der Waals surface area contributed by atoms with Gasteiger partial charge in [0.05, 0.1) is 28.7 Å². The summed E-state index contributed by atoms with van der Waals surface area (Å²) in [7, 11) is -3.14. The number of aryl methyl sites for hydroxylation is 2. The number of nitro benzene ring substituents is 1. The average molecular weight is 588 g/mol. The standard InChI is InChI=1S/C28H30ClN3O7S/c1-17-6-10-21-22(15-28(3,4)39-26(21)12-17)30-27(33)16-31(24-13-19(29)8-11-25(24)38-5)40(36,37)20-9-7-18(2)23(14-20)32(34)35/h6-14,22H,15-16H2,1-5H3,(H,30,33). The molecular formula is C28H30ClN3O7S. The van der Waals surface area contributed by atoms with Gasteiger partial charge in [-0.05, 0) is 63.6 Å². The van der Waals surface area contributed by atoms with Crippen LogP contribution >= 0.6 is 11.6 Å². The van der Waals surface area contributed by atoms with Crippen molar-refractivity contribution in [1.82, 2.24) is 5.32 Å². The highest BCUT2D eigenvalue weighted by molar-refractivity contribution is 7.92. The number of rotatable bonds is 8. The number of sulfonamides is 1. The molecule has 0 radical (unpaired) electrons. The second kappa shape index (κ2) is 11.0. The van der Waals surface area contributed by atoms with Gasteiger partial charge in [0.2, 0.25) is 5.91 Å². The third-order valence-electron chi connectivity index (χ3n) is 6.62. The van der Waals surface area contributed by atoms with Crippen LogP contribution in [0.5, 0.6) is 11.5 Å². The molecule has 10 nitrogen and oxygen atoms in total. The van der Waals surface area contributed by atoms with Gasteiger partial charge in [-0.25, -0.2) is 8.42 Å². The van der Waals surface area contributed by atoms with Crippen LogP contribution in [0, 0.1) is 24.0 Å². The first-order valence-electron chi connectivity index (χ1n) is 12.4. The molecule has 3 aromatic carbocycles. The SMILES string of the molecule is COc1ccc(Cl)cc1N(CC(=O)NC1CC(C)(C)Oc2cc(C)ccc21)S(=O)(=O)c1ccc(C)c([N+](=O)[O-])c1. The molecule has 0 spiro atoms. The topological polar surface area (TPSA) is 128 Å². The zero-order valence-electron chi connectivity index (χ0n) is 22.7. The third kappa shape index (κ3) is 6.00. The van der Waals surface area contributed by atoms with Crippen LogP contribution in [0.4, 0.5) is 11.4 Å². The number of methoxy groups -OCH3 is 1. The fraction of sp³-hybridized carbons (Fsp3) is 0.321. The van der Waals surface area contributed by atoms with Gasteiger partial charge in [-0.15, -0.1) is 0 Å². The highest BCUT2D eigenvalue weighted by Gasteiger charge is 2.36. The number of ether oxygens (including phenoxy) is 2. The van der Waals surface area contributed by atoms with Crippen LogP contribution in [0.2, 0.25) is 5.02 Å². The van der Waals surface area contributed by atoms with Crippen LogP contribution in [0.3, 0.4) is 0 Å². The molecule has 1 heterocycles. The van der Waals surface area contributed by atoms with Crippen molar-refractivity contribution in [1.29, 1.82) is 0 Å². The maximum absolute atomic E-state index is 14.0. The highest BCUT2D eigenvalue weighted by atomic mass is 35.5. The van der Waals surface area contributed by atoms with Gasteiger partial charge in [-0.3, -0.25) is 19.2 Å². The van der Waals surface area contributed by atoms with Crippen LogP contribution in [-0.4, -0.2) is 38.5 Å². The molecule has 40 heavy (non-hydrogen) atoms. The van der Waals surface area contributed by atoms with E-state index in [4.69, 9.17) is 21.1 Å². The molecule has 0 aromatic heterocycles. The Morgan fingerprint density at radius 3 is 2.58 bits per heavy atom. The maximum atomic E-state index is 14.0. The normalized spacial score (nSPS) is 15.9. The minimum absolute atomic E-state index is 0.0108. The van der Waals surface area contributed by atoms with E-state index < -0.39 is 39.0 Å². The zero-order valence-corrected chi connectivity index (χ0v) is 24.3. The number of nitrogens with zero attached hydrogens (tertiary/aromatic N) is 2. The van der Waals surface area contributed by atoms with E-state index in [1.54, 1.807) is 0 Å². The Hall–Kier alpha value is -3.83. The van der Waals surface area contributed by atoms with Crippen LogP contribution in [-0.2, 0) is 14.8 Å². The molecule has 1 atom stereocenters. The number of nitro groups is 1. The molecule has 1 aliphatic rings. The largest absolute Gasteiger partial charge is 0.495 e. The molecule has 1 amide bonds. The molecule has 1 N–H and O–H groups in total. The molecule has 3 aromatic rings. The van der Waals surface area contributed by atoms with Crippen molar-refractivity contribution in [2.45, 2.75) is 50.7 Å². The first kappa shape index (κ1) is 29.2. The predicted molar refractivity (Wildman–Crippen MR) is 152 cm³/mol. The first-order chi connectivity index (χ1) is 18.7. The van der Waals surface area contributed by atoms with E-state index >= 15 is 0 Å². The smallest absolute Gasteiger partial charge is 0.273 e. The summed E-state index contributed by atoms with van der Waals surface area (Å²) in [4.78, 5) is 24.1. The van der Waals surface area contributed by atoms with Crippen molar-refractivity contribution in [3.63, 3.8) is 0 Å². The fourth-order valence-electron chi connectivity index (χ4n) is 4.69. The van der Waals surface area contributed by atoms with Crippen molar-refractivity contribution in [2.24, 2.45) is 0 Å². The fourth-order valence-corrected chi connectivity index (χ4v) is 6.30. The lowest BCUT2D eigenvalue weighted by atomic mass is 9.89. The van der Waals surface area contributed by atoms with Gasteiger partial charge in [-0.2, -0.15) is 0 Å². The number of carbonyl (C=O) groups excluding carboxylic acids is 1. The highest BCUT2D eigenvalue weighted by Crippen LogP contribution is 2.40. The lowest BCUT2D eigenvalue weighted by Crippen LogP contribution is -2.45. The summed E-state index contributed by atoms with van der Waals surface area (Å²) in [5.74, 6) is 0.200. The Labute approximate surface area is 238 Å². The molecule has 0 fully saturated rings. The predicted octanol–water partition coefficient (Wildman–Crippen LogP) is 5.49. The average Bonchev–Trinajstić information content (AvgIpc) is 2.86. The van der Waals surface area contributed by atoms with E-state index in [0.29, 0.717) is 17.7 Å². The van der Waals surface area contributed by atoms with Crippen LogP contribution < -0.4 is 19.1 Å².